The Hall–Kier alpha value is -1.32. The molecule has 0 aliphatic heterocycles. The number of hydrogen-bond donors (Lipinski definition) is 0. The van der Waals surface area contributed by atoms with Crippen molar-refractivity contribution in [1.29, 1.82) is 0 Å². The van der Waals surface area contributed by atoms with Crippen molar-refractivity contribution in [3.05, 3.63) is 68.7 Å². The lowest BCUT2D eigenvalue weighted by Crippen LogP contribution is -2.30. The second-order valence-electron chi connectivity index (χ2n) is 4.89. The van der Waals surface area contributed by atoms with Gasteiger partial charge in [0.1, 0.15) is 0 Å². The Balaban J connectivity index is 2.25. The molecular weight excluding hydrogens is 350 g/mol. The van der Waals surface area contributed by atoms with Crippen LogP contribution in [0, 0.1) is 6.92 Å². The van der Waals surface area contributed by atoms with E-state index in [1.54, 1.807) is 4.90 Å². The molecule has 0 fully saturated rings. The van der Waals surface area contributed by atoms with Crippen LogP contribution in [0.4, 0.5) is 0 Å². The van der Waals surface area contributed by atoms with Crippen molar-refractivity contribution >= 4 is 33.4 Å². The predicted octanol–water partition coefficient (Wildman–Crippen LogP) is 5.07. The zero-order valence-electron chi connectivity index (χ0n) is 12.1. The zero-order chi connectivity index (χ0) is 15.4. The Bertz CT molecular complexity index is 657. The van der Waals surface area contributed by atoms with E-state index >= 15 is 0 Å². The summed E-state index contributed by atoms with van der Waals surface area (Å²) in [7, 11) is 0. The summed E-state index contributed by atoms with van der Waals surface area (Å²) >= 11 is 9.65. The van der Waals surface area contributed by atoms with E-state index < -0.39 is 0 Å². The summed E-state index contributed by atoms with van der Waals surface area (Å²) in [6.45, 7) is 5.11. The maximum atomic E-state index is 12.7. The Kier molecular flexibility index (Phi) is 5.43. The highest BCUT2D eigenvalue weighted by atomic mass is 79.9. The zero-order valence-corrected chi connectivity index (χ0v) is 14.4. The maximum Gasteiger partial charge on any atom is 0.255 e. The molecule has 1 amide bonds. The van der Waals surface area contributed by atoms with E-state index in [2.05, 4.69) is 15.9 Å². The Morgan fingerprint density at radius 1 is 1.24 bits per heavy atom. The third kappa shape index (κ3) is 3.86. The molecule has 2 nitrogen and oxygen atoms in total. The number of amides is 1. The summed E-state index contributed by atoms with van der Waals surface area (Å²) in [6.07, 6.45) is 0. The van der Waals surface area contributed by atoms with E-state index in [-0.39, 0.29) is 5.91 Å². The van der Waals surface area contributed by atoms with Gasteiger partial charge in [-0.15, -0.1) is 0 Å². The van der Waals surface area contributed by atoms with Gasteiger partial charge in [0, 0.05) is 22.6 Å². The lowest BCUT2D eigenvalue weighted by atomic mass is 10.1. The summed E-state index contributed by atoms with van der Waals surface area (Å²) < 4.78 is 0.824. The lowest BCUT2D eigenvalue weighted by molar-refractivity contribution is 0.0751. The first-order valence-electron chi connectivity index (χ1n) is 6.81. The first kappa shape index (κ1) is 16.1. The van der Waals surface area contributed by atoms with Gasteiger partial charge in [0.05, 0.1) is 5.56 Å². The molecule has 2 aromatic carbocycles. The predicted molar refractivity (Wildman–Crippen MR) is 90.7 cm³/mol. The monoisotopic (exact) mass is 365 g/mol. The molecule has 4 heteroatoms. The molecule has 0 spiro atoms. The van der Waals surface area contributed by atoms with Crippen LogP contribution in [0.5, 0.6) is 0 Å². The fourth-order valence-corrected chi connectivity index (χ4v) is 2.98. The van der Waals surface area contributed by atoms with Crippen molar-refractivity contribution in [2.24, 2.45) is 0 Å². The van der Waals surface area contributed by atoms with Crippen molar-refractivity contribution in [2.75, 3.05) is 6.54 Å². The smallest absolute Gasteiger partial charge is 0.255 e. The summed E-state index contributed by atoms with van der Waals surface area (Å²) in [5.74, 6) is 0.00398. The van der Waals surface area contributed by atoms with Gasteiger partial charge in [-0.3, -0.25) is 4.79 Å². The molecule has 0 aliphatic carbocycles. The van der Waals surface area contributed by atoms with E-state index in [1.807, 2.05) is 56.3 Å². The SMILES string of the molecule is CCN(Cc1ccccc1Cl)C(=O)c1ccc(C)cc1Br. The highest BCUT2D eigenvalue weighted by molar-refractivity contribution is 9.10. The molecule has 0 bridgehead atoms. The molecule has 0 saturated carbocycles. The van der Waals surface area contributed by atoms with Gasteiger partial charge in [0.25, 0.3) is 5.91 Å². The number of halogens is 2. The number of hydrogen-bond acceptors (Lipinski definition) is 1. The molecule has 0 N–H and O–H groups in total. The topological polar surface area (TPSA) is 20.3 Å². The highest BCUT2D eigenvalue weighted by Crippen LogP contribution is 2.22. The van der Waals surface area contributed by atoms with Gasteiger partial charge in [0.2, 0.25) is 0 Å². The fourth-order valence-electron chi connectivity index (χ4n) is 2.12. The van der Waals surface area contributed by atoms with Crippen LogP contribution in [-0.2, 0) is 6.54 Å². The number of aryl methyl sites for hydroxylation is 1. The Morgan fingerprint density at radius 2 is 1.95 bits per heavy atom. The molecule has 0 radical (unpaired) electrons. The first-order chi connectivity index (χ1) is 10.0. The molecule has 0 atom stereocenters. The molecular formula is C17H17BrClNO. The number of nitrogens with zero attached hydrogens (tertiary/aromatic N) is 1. The largest absolute Gasteiger partial charge is 0.335 e. The second kappa shape index (κ2) is 7.10. The molecule has 0 unspecified atom stereocenters. The van der Waals surface area contributed by atoms with Crippen molar-refractivity contribution in [3.63, 3.8) is 0 Å². The summed E-state index contributed by atoms with van der Waals surface area (Å²) in [5, 5.41) is 0.687. The molecule has 2 aromatic rings. The molecule has 0 heterocycles. The van der Waals surface area contributed by atoms with Gasteiger partial charge in [-0.2, -0.15) is 0 Å². The van der Waals surface area contributed by atoms with Gasteiger partial charge in [-0.1, -0.05) is 35.9 Å². The molecule has 2 rings (SSSR count). The molecule has 0 saturated heterocycles. The maximum absolute atomic E-state index is 12.7. The molecule has 0 aliphatic rings. The van der Waals surface area contributed by atoms with Gasteiger partial charge in [-0.05, 0) is 59.1 Å². The van der Waals surface area contributed by atoms with Crippen LogP contribution in [-0.4, -0.2) is 17.4 Å². The van der Waals surface area contributed by atoms with Gasteiger partial charge >= 0.3 is 0 Å². The second-order valence-corrected chi connectivity index (χ2v) is 6.16. The van der Waals surface area contributed by atoms with E-state index in [4.69, 9.17) is 11.6 Å². The lowest BCUT2D eigenvalue weighted by Gasteiger charge is -2.22. The number of carbonyl (C=O) groups is 1. The third-order valence-electron chi connectivity index (χ3n) is 3.34. The van der Waals surface area contributed by atoms with Crippen LogP contribution < -0.4 is 0 Å². The minimum Gasteiger partial charge on any atom is -0.335 e. The van der Waals surface area contributed by atoms with E-state index in [0.717, 1.165) is 15.6 Å². The normalized spacial score (nSPS) is 10.5. The molecule has 110 valence electrons. The highest BCUT2D eigenvalue weighted by Gasteiger charge is 2.18. The summed E-state index contributed by atoms with van der Waals surface area (Å²) in [5.41, 5.74) is 2.75. The number of rotatable bonds is 4. The Labute approximate surface area is 138 Å². The average molecular weight is 367 g/mol. The van der Waals surface area contributed by atoms with E-state index in [0.29, 0.717) is 23.7 Å². The fraction of sp³-hybridized carbons (Fsp3) is 0.235. The summed E-state index contributed by atoms with van der Waals surface area (Å²) in [6, 6.07) is 13.4. The van der Waals surface area contributed by atoms with Crippen LogP contribution in [0.25, 0.3) is 0 Å². The van der Waals surface area contributed by atoms with Gasteiger partial charge in [0.15, 0.2) is 0 Å². The minimum absolute atomic E-state index is 0.00398. The standard InChI is InChI=1S/C17H17BrClNO/c1-3-20(11-13-6-4-5-7-16(13)19)17(21)14-9-8-12(2)10-15(14)18/h4-10H,3,11H2,1-2H3. The molecule has 0 aromatic heterocycles. The minimum atomic E-state index is 0.00398. The van der Waals surface area contributed by atoms with Crippen molar-refractivity contribution in [2.45, 2.75) is 20.4 Å². The quantitative estimate of drug-likeness (QED) is 0.739. The van der Waals surface area contributed by atoms with Crippen molar-refractivity contribution in [1.82, 2.24) is 4.90 Å². The number of benzene rings is 2. The van der Waals surface area contributed by atoms with Crippen LogP contribution >= 0.6 is 27.5 Å². The van der Waals surface area contributed by atoms with E-state index in [1.165, 1.54) is 0 Å². The van der Waals surface area contributed by atoms with Gasteiger partial charge < -0.3 is 4.90 Å². The number of carbonyl (C=O) groups excluding carboxylic acids is 1. The third-order valence-corrected chi connectivity index (χ3v) is 4.37. The van der Waals surface area contributed by atoms with Crippen molar-refractivity contribution in [3.8, 4) is 0 Å². The van der Waals surface area contributed by atoms with Crippen LogP contribution in [0.15, 0.2) is 46.9 Å². The van der Waals surface area contributed by atoms with Crippen LogP contribution in [0.3, 0.4) is 0 Å². The Morgan fingerprint density at radius 3 is 2.57 bits per heavy atom. The van der Waals surface area contributed by atoms with Crippen LogP contribution in [0.2, 0.25) is 5.02 Å². The van der Waals surface area contributed by atoms with E-state index in [9.17, 15) is 4.79 Å². The van der Waals surface area contributed by atoms with Gasteiger partial charge in [-0.25, -0.2) is 0 Å². The average Bonchev–Trinajstić information content (AvgIpc) is 2.46. The van der Waals surface area contributed by atoms with Crippen LogP contribution in [0.1, 0.15) is 28.4 Å². The van der Waals surface area contributed by atoms with Crippen molar-refractivity contribution < 1.29 is 4.79 Å². The first-order valence-corrected chi connectivity index (χ1v) is 7.99. The molecule has 21 heavy (non-hydrogen) atoms. The summed E-state index contributed by atoms with van der Waals surface area (Å²) in [4.78, 5) is 14.5.